The SMILES string of the molecule is C(=Cc1ccccc1)CN1CCN(Cc2ccc(-n3cccn3)cc2)CC1. The predicted octanol–water partition coefficient (Wildman–Crippen LogP) is 3.70. The minimum Gasteiger partial charge on any atom is -0.297 e. The predicted molar refractivity (Wildman–Crippen MR) is 111 cm³/mol. The van der Waals surface area contributed by atoms with Gasteiger partial charge in [-0.2, -0.15) is 5.10 Å². The molecule has 2 aromatic carbocycles. The topological polar surface area (TPSA) is 24.3 Å². The molecule has 138 valence electrons. The Kier molecular flexibility index (Phi) is 5.77. The summed E-state index contributed by atoms with van der Waals surface area (Å²) in [7, 11) is 0. The number of nitrogens with zero attached hydrogens (tertiary/aromatic N) is 4. The van der Waals surface area contributed by atoms with E-state index in [1.54, 1.807) is 0 Å². The number of hydrogen-bond acceptors (Lipinski definition) is 3. The third-order valence-electron chi connectivity index (χ3n) is 5.05. The number of piperazine rings is 1. The molecule has 0 bridgehead atoms. The first-order valence-electron chi connectivity index (χ1n) is 9.62. The summed E-state index contributed by atoms with van der Waals surface area (Å²) >= 11 is 0. The molecule has 0 spiro atoms. The Bertz CT molecular complexity index is 830. The van der Waals surface area contributed by atoms with Gasteiger partial charge in [-0.25, -0.2) is 4.68 Å². The largest absolute Gasteiger partial charge is 0.297 e. The maximum atomic E-state index is 4.28. The maximum absolute atomic E-state index is 4.28. The van der Waals surface area contributed by atoms with Crippen molar-refractivity contribution in [2.24, 2.45) is 0 Å². The first-order valence-corrected chi connectivity index (χ1v) is 9.62. The molecule has 4 nitrogen and oxygen atoms in total. The van der Waals surface area contributed by atoms with E-state index in [4.69, 9.17) is 0 Å². The Labute approximate surface area is 161 Å². The zero-order valence-corrected chi connectivity index (χ0v) is 15.6. The lowest BCUT2D eigenvalue weighted by molar-refractivity contribution is 0.137. The molecule has 1 aromatic heterocycles. The van der Waals surface area contributed by atoms with Gasteiger partial charge < -0.3 is 0 Å². The molecule has 1 saturated heterocycles. The van der Waals surface area contributed by atoms with Crippen LogP contribution >= 0.6 is 0 Å². The van der Waals surface area contributed by atoms with Crippen molar-refractivity contribution >= 4 is 6.08 Å². The highest BCUT2D eigenvalue weighted by Crippen LogP contribution is 2.12. The molecule has 2 heterocycles. The fraction of sp³-hybridized carbons (Fsp3) is 0.261. The van der Waals surface area contributed by atoms with Crippen LogP contribution in [0.3, 0.4) is 0 Å². The zero-order chi connectivity index (χ0) is 18.3. The van der Waals surface area contributed by atoms with Gasteiger partial charge in [-0.05, 0) is 29.3 Å². The number of hydrogen-bond donors (Lipinski definition) is 0. The summed E-state index contributed by atoms with van der Waals surface area (Å²) in [5.74, 6) is 0. The van der Waals surface area contributed by atoms with E-state index >= 15 is 0 Å². The molecule has 3 aromatic rings. The average molecular weight is 358 g/mol. The van der Waals surface area contributed by atoms with Gasteiger partial charge in [0.25, 0.3) is 0 Å². The Hall–Kier alpha value is -2.69. The van der Waals surface area contributed by atoms with Crippen LogP contribution in [0.15, 0.2) is 79.1 Å². The fourth-order valence-electron chi connectivity index (χ4n) is 3.47. The Balaban J connectivity index is 1.23. The van der Waals surface area contributed by atoms with E-state index in [0.29, 0.717) is 0 Å². The molecule has 1 aliphatic heterocycles. The second-order valence-corrected chi connectivity index (χ2v) is 7.01. The van der Waals surface area contributed by atoms with Crippen molar-refractivity contribution in [2.45, 2.75) is 6.54 Å². The lowest BCUT2D eigenvalue weighted by Crippen LogP contribution is -2.45. The summed E-state index contributed by atoms with van der Waals surface area (Å²) in [5.41, 5.74) is 3.75. The second-order valence-electron chi connectivity index (χ2n) is 7.01. The van der Waals surface area contributed by atoms with Gasteiger partial charge in [0.15, 0.2) is 0 Å². The molecule has 1 fully saturated rings. The van der Waals surface area contributed by atoms with Crippen LogP contribution in [-0.2, 0) is 6.54 Å². The number of aromatic nitrogens is 2. The summed E-state index contributed by atoms with van der Waals surface area (Å²) in [6, 6.07) is 21.2. The molecule has 0 radical (unpaired) electrons. The summed E-state index contributed by atoms with van der Waals surface area (Å²) in [6.07, 6.45) is 8.27. The fourth-order valence-corrected chi connectivity index (χ4v) is 3.47. The molecule has 0 amide bonds. The van der Waals surface area contributed by atoms with Gasteiger partial charge >= 0.3 is 0 Å². The van der Waals surface area contributed by atoms with Crippen LogP contribution in [-0.4, -0.2) is 52.3 Å². The van der Waals surface area contributed by atoms with Crippen LogP contribution in [0, 0.1) is 0 Å². The van der Waals surface area contributed by atoms with Crippen LogP contribution in [0.25, 0.3) is 11.8 Å². The minimum absolute atomic E-state index is 1.02. The lowest BCUT2D eigenvalue weighted by atomic mass is 10.1. The van der Waals surface area contributed by atoms with E-state index in [9.17, 15) is 0 Å². The number of rotatable bonds is 6. The highest BCUT2D eigenvalue weighted by molar-refractivity contribution is 5.48. The van der Waals surface area contributed by atoms with E-state index in [1.165, 1.54) is 11.1 Å². The molecule has 0 saturated carbocycles. The maximum Gasteiger partial charge on any atom is 0.0645 e. The second kappa shape index (κ2) is 8.80. The Morgan fingerprint density at radius 2 is 1.56 bits per heavy atom. The zero-order valence-electron chi connectivity index (χ0n) is 15.6. The molecule has 0 aliphatic carbocycles. The van der Waals surface area contributed by atoms with Crippen LogP contribution in [0.2, 0.25) is 0 Å². The standard InChI is InChI=1S/C23H26N4/c1-2-6-21(7-3-1)8-4-14-25-16-18-26(19-17-25)20-22-9-11-23(12-10-22)27-15-5-13-24-27/h1-13,15H,14,16-20H2. The van der Waals surface area contributed by atoms with Crippen LogP contribution in [0.4, 0.5) is 0 Å². The van der Waals surface area contributed by atoms with Crippen molar-refractivity contribution < 1.29 is 0 Å². The monoisotopic (exact) mass is 358 g/mol. The highest BCUT2D eigenvalue weighted by Gasteiger charge is 2.15. The molecule has 0 atom stereocenters. The third kappa shape index (κ3) is 4.94. The molecule has 27 heavy (non-hydrogen) atoms. The smallest absolute Gasteiger partial charge is 0.0645 e. The van der Waals surface area contributed by atoms with E-state index in [-0.39, 0.29) is 0 Å². The van der Waals surface area contributed by atoms with Crippen LogP contribution < -0.4 is 0 Å². The molecular formula is C23H26N4. The molecular weight excluding hydrogens is 332 g/mol. The lowest BCUT2D eigenvalue weighted by Gasteiger charge is -2.34. The van der Waals surface area contributed by atoms with Gasteiger partial charge in [0.1, 0.15) is 0 Å². The molecule has 4 rings (SSSR count). The van der Waals surface area contributed by atoms with E-state index in [2.05, 4.69) is 81.6 Å². The molecule has 0 N–H and O–H groups in total. The van der Waals surface area contributed by atoms with Crippen molar-refractivity contribution in [3.05, 3.63) is 90.3 Å². The van der Waals surface area contributed by atoms with Gasteiger partial charge in [0, 0.05) is 51.7 Å². The van der Waals surface area contributed by atoms with Crippen LogP contribution in [0.5, 0.6) is 0 Å². The van der Waals surface area contributed by atoms with E-state index in [0.717, 1.165) is 45.0 Å². The molecule has 1 aliphatic rings. The van der Waals surface area contributed by atoms with Gasteiger partial charge in [-0.1, -0.05) is 54.6 Å². The molecule has 4 heteroatoms. The first-order chi connectivity index (χ1) is 13.4. The van der Waals surface area contributed by atoms with E-state index < -0.39 is 0 Å². The van der Waals surface area contributed by atoms with Gasteiger partial charge in [-0.15, -0.1) is 0 Å². The first kappa shape index (κ1) is 17.7. The van der Waals surface area contributed by atoms with Gasteiger partial charge in [-0.3, -0.25) is 9.80 Å². The van der Waals surface area contributed by atoms with Crippen molar-refractivity contribution in [2.75, 3.05) is 32.7 Å². The third-order valence-corrected chi connectivity index (χ3v) is 5.05. The summed E-state index contributed by atoms with van der Waals surface area (Å²) in [6.45, 7) is 6.56. The van der Waals surface area contributed by atoms with Crippen molar-refractivity contribution in [3.63, 3.8) is 0 Å². The normalized spacial score (nSPS) is 16.1. The Morgan fingerprint density at radius 3 is 2.26 bits per heavy atom. The van der Waals surface area contributed by atoms with Crippen molar-refractivity contribution in [1.29, 1.82) is 0 Å². The highest BCUT2D eigenvalue weighted by atomic mass is 15.3. The average Bonchev–Trinajstić information content (AvgIpc) is 3.26. The summed E-state index contributed by atoms with van der Waals surface area (Å²) < 4.78 is 1.89. The number of benzene rings is 2. The minimum atomic E-state index is 1.02. The summed E-state index contributed by atoms with van der Waals surface area (Å²) in [4.78, 5) is 5.07. The van der Waals surface area contributed by atoms with Gasteiger partial charge in [0.05, 0.1) is 5.69 Å². The van der Waals surface area contributed by atoms with Gasteiger partial charge in [0.2, 0.25) is 0 Å². The van der Waals surface area contributed by atoms with Crippen molar-refractivity contribution in [3.8, 4) is 5.69 Å². The summed E-state index contributed by atoms with van der Waals surface area (Å²) in [5, 5.41) is 4.28. The molecule has 0 unspecified atom stereocenters. The van der Waals surface area contributed by atoms with Crippen molar-refractivity contribution in [1.82, 2.24) is 19.6 Å². The van der Waals surface area contributed by atoms with E-state index in [1.807, 2.05) is 23.1 Å². The van der Waals surface area contributed by atoms with Crippen LogP contribution in [0.1, 0.15) is 11.1 Å². The Morgan fingerprint density at radius 1 is 0.815 bits per heavy atom. The quantitative estimate of drug-likeness (QED) is 0.671.